The monoisotopic (exact) mass is 297 g/mol. The molecule has 0 radical (unpaired) electrons. The molecule has 0 saturated heterocycles. The van der Waals surface area contributed by atoms with Gasteiger partial charge in [0.25, 0.3) is 0 Å². The molecule has 0 aliphatic heterocycles. The molecule has 6 heteroatoms. The second-order valence-electron chi connectivity index (χ2n) is 5.44. The Labute approximate surface area is 123 Å². The molecule has 0 amide bonds. The van der Waals surface area contributed by atoms with E-state index in [1.807, 2.05) is 6.92 Å². The third-order valence-corrected chi connectivity index (χ3v) is 3.68. The van der Waals surface area contributed by atoms with Crippen LogP contribution in [-0.2, 0) is 11.2 Å². The minimum Gasteiger partial charge on any atom is -0.504 e. The van der Waals surface area contributed by atoms with E-state index in [1.165, 1.54) is 6.07 Å². The summed E-state index contributed by atoms with van der Waals surface area (Å²) in [5, 5.41) is 37.3. The third-order valence-electron chi connectivity index (χ3n) is 3.68. The average Bonchev–Trinajstić information content (AvgIpc) is 2.44. The predicted octanol–water partition coefficient (Wildman–Crippen LogP) is 1.81. The van der Waals surface area contributed by atoms with Crippen LogP contribution < -0.4 is 5.73 Å². The number of rotatable bonds is 8. The van der Waals surface area contributed by atoms with E-state index in [0.29, 0.717) is 18.4 Å². The molecule has 1 aromatic rings. The van der Waals surface area contributed by atoms with Gasteiger partial charge in [-0.25, -0.2) is 0 Å². The first kappa shape index (κ1) is 17.1. The van der Waals surface area contributed by atoms with Crippen LogP contribution in [0.25, 0.3) is 0 Å². The summed E-state index contributed by atoms with van der Waals surface area (Å²) in [6.45, 7) is 2.10. The lowest BCUT2D eigenvalue weighted by Crippen LogP contribution is -2.25. The van der Waals surface area contributed by atoms with Crippen LogP contribution in [0.15, 0.2) is 12.1 Å². The maximum atomic E-state index is 10.9. The van der Waals surface area contributed by atoms with Crippen molar-refractivity contribution in [1.82, 2.24) is 0 Å². The summed E-state index contributed by atoms with van der Waals surface area (Å²) in [5.74, 6) is -2.33. The molecule has 1 aromatic carbocycles. The van der Waals surface area contributed by atoms with Gasteiger partial charge in [0.15, 0.2) is 11.5 Å². The fourth-order valence-corrected chi connectivity index (χ4v) is 2.35. The average molecular weight is 297 g/mol. The summed E-state index contributed by atoms with van der Waals surface area (Å²) >= 11 is 0. The van der Waals surface area contributed by atoms with Crippen molar-refractivity contribution in [2.75, 3.05) is 6.54 Å². The highest BCUT2D eigenvalue weighted by Crippen LogP contribution is 2.37. The lowest BCUT2D eigenvalue weighted by molar-refractivity contribution is -0.141. The number of carbonyl (C=O) groups is 1. The molecule has 0 aliphatic rings. The lowest BCUT2D eigenvalue weighted by atomic mass is 9.91. The van der Waals surface area contributed by atoms with Crippen molar-refractivity contribution in [1.29, 1.82) is 0 Å². The second-order valence-corrected chi connectivity index (χ2v) is 5.44. The standard InChI is InChI=1S/C15H23NO5/c1-9(7-11(8-16)15(20)21)3-2-4-10-5-6-12(17)14(19)13(10)18/h5-6,9,11,17-19H,2-4,7-8,16H2,1H3,(H,20,21). The highest BCUT2D eigenvalue weighted by Gasteiger charge is 2.18. The zero-order chi connectivity index (χ0) is 16.0. The molecule has 0 saturated carbocycles. The smallest absolute Gasteiger partial charge is 0.307 e. The topological polar surface area (TPSA) is 124 Å². The maximum Gasteiger partial charge on any atom is 0.307 e. The van der Waals surface area contributed by atoms with Gasteiger partial charge in [0.1, 0.15) is 0 Å². The zero-order valence-electron chi connectivity index (χ0n) is 12.1. The number of aromatic hydroxyl groups is 3. The van der Waals surface area contributed by atoms with Crippen LogP contribution >= 0.6 is 0 Å². The van der Waals surface area contributed by atoms with Crippen LogP contribution in [0.2, 0.25) is 0 Å². The summed E-state index contributed by atoms with van der Waals surface area (Å²) < 4.78 is 0. The molecule has 118 valence electrons. The Morgan fingerprint density at radius 3 is 2.48 bits per heavy atom. The van der Waals surface area contributed by atoms with Gasteiger partial charge in [0.2, 0.25) is 5.75 Å². The molecule has 21 heavy (non-hydrogen) atoms. The number of aryl methyl sites for hydroxylation is 1. The van der Waals surface area contributed by atoms with Crippen molar-refractivity contribution in [3.8, 4) is 17.2 Å². The van der Waals surface area contributed by atoms with E-state index in [9.17, 15) is 20.1 Å². The quantitative estimate of drug-likeness (QED) is 0.466. The van der Waals surface area contributed by atoms with Gasteiger partial charge in [0.05, 0.1) is 5.92 Å². The van der Waals surface area contributed by atoms with Gasteiger partial charge in [-0.2, -0.15) is 0 Å². The van der Waals surface area contributed by atoms with Gasteiger partial charge < -0.3 is 26.2 Å². The van der Waals surface area contributed by atoms with Crippen molar-refractivity contribution < 1.29 is 25.2 Å². The first-order chi connectivity index (χ1) is 9.86. The van der Waals surface area contributed by atoms with Gasteiger partial charge in [-0.15, -0.1) is 0 Å². The Hall–Kier alpha value is -1.95. The number of hydrogen-bond donors (Lipinski definition) is 5. The first-order valence-electron chi connectivity index (χ1n) is 7.02. The number of phenolic OH excluding ortho intramolecular Hbond substituents is 3. The van der Waals surface area contributed by atoms with E-state index in [0.717, 1.165) is 12.8 Å². The van der Waals surface area contributed by atoms with Crippen molar-refractivity contribution in [2.24, 2.45) is 17.6 Å². The molecule has 0 bridgehead atoms. The molecule has 2 unspecified atom stereocenters. The summed E-state index contributed by atoms with van der Waals surface area (Å²) in [5.41, 5.74) is 5.99. The highest BCUT2D eigenvalue weighted by molar-refractivity contribution is 5.70. The summed E-state index contributed by atoms with van der Waals surface area (Å²) in [6, 6.07) is 2.90. The second kappa shape index (κ2) is 7.73. The number of aliphatic carboxylic acids is 1. The molecule has 0 heterocycles. The number of carboxylic acid groups (broad SMARTS) is 1. The zero-order valence-corrected chi connectivity index (χ0v) is 12.1. The van der Waals surface area contributed by atoms with Crippen molar-refractivity contribution in [3.63, 3.8) is 0 Å². The van der Waals surface area contributed by atoms with E-state index in [2.05, 4.69) is 0 Å². The Bertz CT molecular complexity index is 489. The van der Waals surface area contributed by atoms with Gasteiger partial charge in [-0.05, 0) is 36.8 Å². The Kier molecular flexibility index (Phi) is 6.30. The van der Waals surface area contributed by atoms with Crippen LogP contribution in [-0.4, -0.2) is 32.9 Å². The van der Waals surface area contributed by atoms with Crippen LogP contribution in [0.1, 0.15) is 31.7 Å². The number of carboxylic acids is 1. The normalized spacial score (nSPS) is 13.8. The van der Waals surface area contributed by atoms with E-state index < -0.39 is 17.6 Å². The lowest BCUT2D eigenvalue weighted by Gasteiger charge is -2.16. The maximum absolute atomic E-state index is 10.9. The number of benzene rings is 1. The Morgan fingerprint density at radius 1 is 1.24 bits per heavy atom. The number of phenols is 3. The van der Waals surface area contributed by atoms with E-state index in [1.54, 1.807) is 6.07 Å². The van der Waals surface area contributed by atoms with Gasteiger partial charge in [-0.1, -0.05) is 19.4 Å². The third kappa shape index (κ3) is 4.82. The van der Waals surface area contributed by atoms with Gasteiger partial charge in [0, 0.05) is 6.54 Å². The van der Waals surface area contributed by atoms with Crippen molar-refractivity contribution in [3.05, 3.63) is 17.7 Å². The largest absolute Gasteiger partial charge is 0.504 e. The molecule has 2 atom stereocenters. The summed E-state index contributed by atoms with van der Waals surface area (Å²) in [6.07, 6.45) is 2.61. The minimum atomic E-state index is -0.870. The first-order valence-corrected chi connectivity index (χ1v) is 7.02. The fourth-order valence-electron chi connectivity index (χ4n) is 2.35. The van der Waals surface area contributed by atoms with E-state index in [4.69, 9.17) is 10.8 Å². The van der Waals surface area contributed by atoms with Crippen LogP contribution in [0.4, 0.5) is 0 Å². The molecule has 0 fully saturated rings. The molecule has 6 nitrogen and oxygen atoms in total. The SMILES string of the molecule is CC(CCCc1ccc(O)c(O)c1O)CC(CN)C(=O)O. The molecular weight excluding hydrogens is 274 g/mol. The van der Waals surface area contributed by atoms with Crippen molar-refractivity contribution >= 4 is 5.97 Å². The van der Waals surface area contributed by atoms with Crippen LogP contribution in [0.5, 0.6) is 17.2 Å². The summed E-state index contributed by atoms with van der Waals surface area (Å²) in [7, 11) is 0. The van der Waals surface area contributed by atoms with Gasteiger partial charge >= 0.3 is 5.97 Å². The number of nitrogens with two attached hydrogens (primary N) is 1. The Morgan fingerprint density at radius 2 is 1.90 bits per heavy atom. The van der Waals surface area contributed by atoms with Crippen molar-refractivity contribution in [2.45, 2.75) is 32.6 Å². The minimum absolute atomic E-state index is 0.131. The predicted molar refractivity (Wildman–Crippen MR) is 78.3 cm³/mol. The van der Waals surface area contributed by atoms with E-state index in [-0.39, 0.29) is 24.0 Å². The van der Waals surface area contributed by atoms with Crippen LogP contribution in [0, 0.1) is 11.8 Å². The highest BCUT2D eigenvalue weighted by atomic mass is 16.4. The number of hydrogen-bond acceptors (Lipinski definition) is 5. The van der Waals surface area contributed by atoms with Gasteiger partial charge in [-0.3, -0.25) is 4.79 Å². The molecule has 6 N–H and O–H groups in total. The summed E-state index contributed by atoms with van der Waals surface area (Å²) in [4.78, 5) is 10.9. The Balaban J connectivity index is 2.47. The molecule has 0 spiro atoms. The molecule has 1 rings (SSSR count). The molecule has 0 aliphatic carbocycles. The van der Waals surface area contributed by atoms with E-state index >= 15 is 0 Å². The fraction of sp³-hybridized carbons (Fsp3) is 0.533. The molecular formula is C15H23NO5. The molecule has 0 aromatic heterocycles. The van der Waals surface area contributed by atoms with Crippen LogP contribution in [0.3, 0.4) is 0 Å².